The van der Waals surface area contributed by atoms with Gasteiger partial charge in [0.2, 0.25) is 0 Å². The summed E-state index contributed by atoms with van der Waals surface area (Å²) in [6, 6.07) is 63.3. The highest BCUT2D eigenvalue weighted by molar-refractivity contribution is 8.14. The van der Waals surface area contributed by atoms with E-state index in [0.29, 0.717) is 0 Å². The SMILES string of the molecule is c1ccc(C2NN=C(c3cccc4c3-c3ccccc3C43c4ccccc4C4(c5ccccc5-c5ccccc54)c4ccccc43)S2)cc1. The van der Waals surface area contributed by atoms with E-state index < -0.39 is 10.8 Å². The number of benzene rings is 7. The summed E-state index contributed by atoms with van der Waals surface area (Å²) in [5.41, 5.74) is 21.0. The minimum atomic E-state index is -0.497. The van der Waals surface area contributed by atoms with Gasteiger partial charge < -0.3 is 0 Å². The molecule has 1 unspecified atom stereocenters. The molecule has 11 rings (SSSR count). The van der Waals surface area contributed by atoms with E-state index in [1.54, 1.807) is 11.8 Å². The van der Waals surface area contributed by atoms with E-state index in [9.17, 15) is 0 Å². The Morgan fingerprint density at radius 3 is 1.37 bits per heavy atom. The molecule has 1 heterocycles. The highest BCUT2D eigenvalue weighted by Gasteiger charge is 2.59. The standard InChI is InChI=1S/C46H30N2S/c1-2-15-29(16-3-1)43-47-48-44(49-43)33-20-14-28-41-42(33)32-19-6-9-23-36(32)46(41)39-26-12-10-24-37(39)45(38-25-11-13-27-40(38)46)34-21-7-4-17-30(34)31-18-5-8-22-35(31)45/h1-28,43,47H. The summed E-state index contributed by atoms with van der Waals surface area (Å²) < 4.78 is 0. The van der Waals surface area contributed by atoms with Gasteiger partial charge in [0, 0.05) is 5.56 Å². The molecule has 1 atom stereocenters. The van der Waals surface area contributed by atoms with E-state index in [0.717, 1.165) is 5.04 Å². The van der Waals surface area contributed by atoms with Crippen molar-refractivity contribution in [3.63, 3.8) is 0 Å². The number of rotatable bonds is 2. The molecule has 3 heteroatoms. The summed E-state index contributed by atoms with van der Waals surface area (Å²) in [6.07, 6.45) is 0. The predicted octanol–water partition coefficient (Wildman–Crippen LogP) is 10.4. The molecule has 2 spiro atoms. The van der Waals surface area contributed by atoms with Crippen LogP contribution in [0.5, 0.6) is 0 Å². The van der Waals surface area contributed by atoms with Gasteiger partial charge in [0.05, 0.1) is 10.8 Å². The first-order valence-corrected chi connectivity index (χ1v) is 17.9. The predicted molar refractivity (Wildman–Crippen MR) is 201 cm³/mol. The van der Waals surface area contributed by atoms with Crippen molar-refractivity contribution in [2.75, 3.05) is 0 Å². The Labute approximate surface area is 290 Å². The lowest BCUT2D eigenvalue weighted by Crippen LogP contribution is -2.43. The first kappa shape index (κ1) is 27.3. The van der Waals surface area contributed by atoms with Crippen LogP contribution in [0.3, 0.4) is 0 Å². The van der Waals surface area contributed by atoms with E-state index in [1.165, 1.54) is 77.9 Å². The fraction of sp³-hybridized carbons (Fsp3) is 0.0652. The van der Waals surface area contributed by atoms with Gasteiger partial charge in [-0.25, -0.2) is 0 Å². The maximum atomic E-state index is 4.97. The largest absolute Gasteiger partial charge is 0.291 e. The highest BCUT2D eigenvalue weighted by Crippen LogP contribution is 2.67. The number of fused-ring (bicyclic) bond motifs is 16. The zero-order chi connectivity index (χ0) is 32.2. The Morgan fingerprint density at radius 1 is 0.388 bits per heavy atom. The summed E-state index contributed by atoms with van der Waals surface area (Å²) in [5, 5.41) is 6.09. The van der Waals surface area contributed by atoms with Gasteiger partial charge >= 0.3 is 0 Å². The van der Waals surface area contributed by atoms with Crippen LogP contribution in [0.2, 0.25) is 0 Å². The first-order chi connectivity index (χ1) is 24.3. The second-order valence-electron chi connectivity index (χ2n) is 13.4. The Bertz CT molecular complexity index is 2430. The van der Waals surface area contributed by atoms with Crippen LogP contribution in [0.4, 0.5) is 0 Å². The van der Waals surface area contributed by atoms with Gasteiger partial charge in [-0.15, -0.1) is 0 Å². The Balaban J connectivity index is 1.22. The van der Waals surface area contributed by atoms with E-state index in [1.807, 2.05) is 0 Å². The van der Waals surface area contributed by atoms with Gasteiger partial charge in [-0.05, 0) is 72.3 Å². The summed E-state index contributed by atoms with van der Waals surface area (Å²) in [7, 11) is 0. The van der Waals surface area contributed by atoms with Crippen molar-refractivity contribution in [3.8, 4) is 22.3 Å². The van der Waals surface area contributed by atoms with E-state index in [-0.39, 0.29) is 5.37 Å². The summed E-state index contributed by atoms with van der Waals surface area (Å²) in [5.74, 6) is 0. The quantitative estimate of drug-likeness (QED) is 0.203. The molecule has 1 aliphatic heterocycles. The van der Waals surface area contributed by atoms with Crippen LogP contribution in [0.1, 0.15) is 61.0 Å². The third kappa shape index (κ3) is 3.31. The highest BCUT2D eigenvalue weighted by atomic mass is 32.2. The molecule has 0 amide bonds. The number of thioether (sulfide) groups is 1. The topological polar surface area (TPSA) is 24.4 Å². The molecular weight excluding hydrogens is 613 g/mol. The number of nitrogens with one attached hydrogen (secondary N) is 1. The average molecular weight is 643 g/mol. The molecule has 0 saturated carbocycles. The normalized spacial score (nSPS) is 17.7. The number of nitrogens with zero attached hydrogens (tertiary/aromatic N) is 1. The third-order valence-corrected chi connectivity index (χ3v) is 12.5. The van der Waals surface area contributed by atoms with E-state index in [4.69, 9.17) is 5.10 Å². The second-order valence-corrected chi connectivity index (χ2v) is 14.5. The molecule has 0 radical (unpaired) electrons. The molecule has 230 valence electrons. The molecule has 2 nitrogen and oxygen atoms in total. The maximum Gasteiger partial charge on any atom is 0.126 e. The van der Waals surface area contributed by atoms with Gasteiger partial charge in [-0.2, -0.15) is 5.10 Å². The molecule has 3 aliphatic carbocycles. The molecule has 0 bridgehead atoms. The molecule has 4 aliphatic rings. The molecular formula is C46H30N2S. The molecule has 49 heavy (non-hydrogen) atoms. The minimum Gasteiger partial charge on any atom is -0.291 e. The van der Waals surface area contributed by atoms with Crippen LogP contribution in [-0.2, 0) is 10.8 Å². The molecule has 1 N–H and O–H groups in total. The van der Waals surface area contributed by atoms with Crippen molar-refractivity contribution in [1.29, 1.82) is 0 Å². The first-order valence-electron chi connectivity index (χ1n) is 17.0. The minimum absolute atomic E-state index is 0.0798. The smallest absolute Gasteiger partial charge is 0.126 e. The van der Waals surface area contributed by atoms with Crippen LogP contribution >= 0.6 is 11.8 Å². The lowest BCUT2D eigenvalue weighted by atomic mass is 9.52. The number of hydrazone groups is 1. The Hall–Kier alpha value is -5.64. The zero-order valence-electron chi connectivity index (χ0n) is 26.6. The van der Waals surface area contributed by atoms with E-state index >= 15 is 0 Å². The lowest BCUT2D eigenvalue weighted by molar-refractivity contribution is 0.633. The average Bonchev–Trinajstić information content (AvgIpc) is 3.87. The van der Waals surface area contributed by atoms with Crippen molar-refractivity contribution in [2.45, 2.75) is 16.2 Å². The summed E-state index contributed by atoms with van der Waals surface area (Å²) in [6.45, 7) is 0. The fourth-order valence-electron chi connectivity index (χ4n) is 9.64. The van der Waals surface area contributed by atoms with Crippen LogP contribution in [0.25, 0.3) is 22.3 Å². The third-order valence-electron chi connectivity index (χ3n) is 11.3. The van der Waals surface area contributed by atoms with Gasteiger partial charge in [-0.3, -0.25) is 5.43 Å². The molecule has 7 aromatic carbocycles. The fourth-order valence-corrected chi connectivity index (χ4v) is 10.7. The molecule has 7 aromatic rings. The Kier molecular flexibility index (Phi) is 5.55. The van der Waals surface area contributed by atoms with Crippen molar-refractivity contribution < 1.29 is 0 Å². The van der Waals surface area contributed by atoms with Crippen LogP contribution < -0.4 is 5.43 Å². The van der Waals surface area contributed by atoms with Crippen LogP contribution in [0.15, 0.2) is 175 Å². The van der Waals surface area contributed by atoms with Crippen molar-refractivity contribution in [2.24, 2.45) is 5.10 Å². The van der Waals surface area contributed by atoms with E-state index in [2.05, 4.69) is 175 Å². The number of hydrogen-bond donors (Lipinski definition) is 1. The molecule has 0 saturated heterocycles. The maximum absolute atomic E-state index is 4.97. The molecule has 0 aromatic heterocycles. The number of hydrogen-bond acceptors (Lipinski definition) is 3. The lowest BCUT2D eigenvalue weighted by Gasteiger charge is -2.48. The van der Waals surface area contributed by atoms with Gasteiger partial charge in [0.25, 0.3) is 0 Å². The van der Waals surface area contributed by atoms with Gasteiger partial charge in [0.15, 0.2) is 0 Å². The monoisotopic (exact) mass is 642 g/mol. The summed E-state index contributed by atoms with van der Waals surface area (Å²) >= 11 is 1.80. The van der Waals surface area contributed by atoms with Crippen LogP contribution in [-0.4, -0.2) is 5.04 Å². The Morgan fingerprint density at radius 2 is 0.796 bits per heavy atom. The second kappa shape index (κ2) is 9.95. The summed E-state index contributed by atoms with van der Waals surface area (Å²) in [4.78, 5) is 0. The van der Waals surface area contributed by atoms with Gasteiger partial charge in [-0.1, -0.05) is 182 Å². The van der Waals surface area contributed by atoms with Crippen molar-refractivity contribution in [1.82, 2.24) is 5.43 Å². The van der Waals surface area contributed by atoms with Crippen LogP contribution in [0, 0.1) is 0 Å². The van der Waals surface area contributed by atoms with Crippen molar-refractivity contribution >= 4 is 16.8 Å². The van der Waals surface area contributed by atoms with Crippen molar-refractivity contribution in [3.05, 3.63) is 225 Å². The zero-order valence-corrected chi connectivity index (χ0v) is 27.4. The molecule has 0 fully saturated rings. The van der Waals surface area contributed by atoms with Gasteiger partial charge in [0.1, 0.15) is 10.4 Å².